The molecule has 1 heterocycles. The Hall–Kier alpha value is -3.01. The van der Waals surface area contributed by atoms with Gasteiger partial charge in [0.15, 0.2) is 5.82 Å². The normalized spacial score (nSPS) is 10.2. The van der Waals surface area contributed by atoms with Gasteiger partial charge in [0.2, 0.25) is 0 Å². The van der Waals surface area contributed by atoms with E-state index in [4.69, 9.17) is 5.84 Å². The van der Waals surface area contributed by atoms with E-state index in [1.54, 1.807) is 0 Å². The van der Waals surface area contributed by atoms with Crippen LogP contribution in [-0.2, 0) is 6.54 Å². The Bertz CT molecular complexity index is 673. The van der Waals surface area contributed by atoms with Crippen molar-refractivity contribution in [2.45, 2.75) is 6.54 Å². The number of nitro groups is 1. The van der Waals surface area contributed by atoms with Crippen molar-refractivity contribution in [3.05, 3.63) is 51.8 Å². The van der Waals surface area contributed by atoms with Crippen LogP contribution < -0.4 is 16.6 Å². The number of carbonyl (C=O) groups is 1. The van der Waals surface area contributed by atoms with Gasteiger partial charge in [-0.15, -0.1) is 0 Å². The summed E-state index contributed by atoms with van der Waals surface area (Å²) in [5.41, 5.74) is 1.49. The Balaban J connectivity index is 2.27. The summed E-state index contributed by atoms with van der Waals surface area (Å²) in [4.78, 5) is 28.6. The third kappa shape index (κ3) is 3.12. The van der Waals surface area contributed by atoms with Crippen LogP contribution in [0.5, 0.6) is 0 Å². The Morgan fingerprint density at radius 3 is 2.86 bits per heavy atom. The van der Waals surface area contributed by atoms with E-state index in [-0.39, 0.29) is 17.8 Å². The minimum Gasteiger partial charge on any atom is -0.347 e. The number of aromatic amines is 1. The molecule has 9 nitrogen and oxygen atoms in total. The van der Waals surface area contributed by atoms with Crippen LogP contribution in [0.1, 0.15) is 16.1 Å². The van der Waals surface area contributed by atoms with Crippen molar-refractivity contribution in [1.29, 1.82) is 0 Å². The smallest absolute Gasteiger partial charge is 0.285 e. The molecule has 1 aromatic heterocycles. The number of nitrogen functional groups attached to an aromatic ring is 1. The quantitative estimate of drug-likeness (QED) is 0.363. The van der Waals surface area contributed by atoms with Crippen LogP contribution in [0, 0.1) is 15.9 Å². The molecule has 0 saturated carbocycles. The number of rotatable bonds is 5. The number of nitro benzene ring substituents is 1. The van der Waals surface area contributed by atoms with Gasteiger partial charge in [-0.05, 0) is 6.07 Å². The van der Waals surface area contributed by atoms with E-state index < -0.39 is 22.3 Å². The van der Waals surface area contributed by atoms with Gasteiger partial charge >= 0.3 is 0 Å². The number of benzene rings is 1. The molecule has 10 heteroatoms. The van der Waals surface area contributed by atoms with Gasteiger partial charge in [-0.25, -0.2) is 9.37 Å². The monoisotopic (exact) mass is 294 g/mol. The van der Waals surface area contributed by atoms with Crippen LogP contribution in [0.3, 0.4) is 0 Å². The number of imidazole rings is 1. The average Bonchev–Trinajstić information content (AvgIpc) is 2.97. The summed E-state index contributed by atoms with van der Waals surface area (Å²) in [6, 6.07) is 1.62. The van der Waals surface area contributed by atoms with Crippen LogP contribution in [-0.4, -0.2) is 20.8 Å². The summed E-state index contributed by atoms with van der Waals surface area (Å²) in [6.45, 7) is 0.0960. The van der Waals surface area contributed by atoms with Crippen LogP contribution >= 0.6 is 0 Å². The lowest BCUT2D eigenvalue weighted by atomic mass is 10.1. The molecular formula is C11H11FN6O3. The van der Waals surface area contributed by atoms with E-state index in [0.717, 1.165) is 6.07 Å². The number of hydrogen-bond donors (Lipinski definition) is 4. The van der Waals surface area contributed by atoms with Crippen molar-refractivity contribution in [2.75, 3.05) is 5.43 Å². The lowest BCUT2D eigenvalue weighted by Gasteiger charge is -2.08. The molecule has 0 aliphatic heterocycles. The Labute approximate surface area is 117 Å². The predicted octanol–water partition coefficient (Wildman–Crippen LogP) is 0.673. The van der Waals surface area contributed by atoms with Crippen molar-refractivity contribution in [2.24, 2.45) is 5.84 Å². The van der Waals surface area contributed by atoms with Crippen LogP contribution in [0.4, 0.5) is 15.8 Å². The number of nitrogens with zero attached hydrogens (tertiary/aromatic N) is 2. The standard InChI is InChI=1S/C11H11FN6O3/c12-8-2-10(18(20)21)7(1-9(8)17-13)11(19)15-4-6-3-14-5-16-6/h1-3,5,17H,4,13H2,(H,14,16)(H,15,19). The molecule has 110 valence electrons. The Kier molecular flexibility index (Phi) is 4.09. The minimum atomic E-state index is -0.922. The van der Waals surface area contributed by atoms with Crippen molar-refractivity contribution in [3.8, 4) is 0 Å². The van der Waals surface area contributed by atoms with Gasteiger partial charge in [0.25, 0.3) is 11.6 Å². The molecule has 0 radical (unpaired) electrons. The molecule has 0 aliphatic carbocycles. The van der Waals surface area contributed by atoms with E-state index in [1.807, 2.05) is 5.43 Å². The summed E-state index contributed by atoms with van der Waals surface area (Å²) in [7, 11) is 0. The van der Waals surface area contributed by atoms with E-state index in [2.05, 4.69) is 15.3 Å². The molecule has 2 rings (SSSR count). The highest BCUT2D eigenvalue weighted by Crippen LogP contribution is 2.25. The molecule has 2 aromatic rings. The number of aromatic nitrogens is 2. The molecule has 0 unspecified atom stereocenters. The maximum absolute atomic E-state index is 13.5. The number of anilines is 1. The fourth-order valence-corrected chi connectivity index (χ4v) is 1.66. The second kappa shape index (κ2) is 5.96. The number of hydrazine groups is 1. The van der Waals surface area contributed by atoms with Gasteiger partial charge in [0, 0.05) is 6.20 Å². The zero-order valence-electron chi connectivity index (χ0n) is 10.6. The van der Waals surface area contributed by atoms with E-state index >= 15 is 0 Å². The molecule has 0 spiro atoms. The zero-order chi connectivity index (χ0) is 15.4. The Morgan fingerprint density at radius 1 is 1.52 bits per heavy atom. The maximum atomic E-state index is 13.5. The molecule has 0 saturated heterocycles. The third-order valence-corrected chi connectivity index (χ3v) is 2.68. The van der Waals surface area contributed by atoms with Gasteiger partial charge < -0.3 is 15.7 Å². The summed E-state index contributed by atoms with van der Waals surface area (Å²) < 4.78 is 13.5. The predicted molar refractivity (Wildman–Crippen MR) is 70.6 cm³/mol. The molecule has 5 N–H and O–H groups in total. The summed E-state index contributed by atoms with van der Waals surface area (Å²) in [5.74, 6) is 3.44. The number of carbonyl (C=O) groups excluding carboxylic acids is 1. The maximum Gasteiger partial charge on any atom is 0.285 e. The third-order valence-electron chi connectivity index (χ3n) is 2.68. The van der Waals surface area contributed by atoms with Crippen molar-refractivity contribution in [1.82, 2.24) is 15.3 Å². The molecule has 0 aliphatic rings. The topological polar surface area (TPSA) is 139 Å². The number of hydrogen-bond acceptors (Lipinski definition) is 6. The van der Waals surface area contributed by atoms with Crippen LogP contribution in [0.15, 0.2) is 24.7 Å². The first-order valence-electron chi connectivity index (χ1n) is 5.73. The first-order valence-corrected chi connectivity index (χ1v) is 5.73. The lowest BCUT2D eigenvalue weighted by molar-refractivity contribution is -0.385. The number of nitrogens with one attached hydrogen (secondary N) is 3. The number of H-pyrrole nitrogens is 1. The van der Waals surface area contributed by atoms with Gasteiger partial charge in [-0.3, -0.25) is 20.8 Å². The van der Waals surface area contributed by atoms with Crippen molar-refractivity contribution >= 4 is 17.3 Å². The fraction of sp³-hybridized carbons (Fsp3) is 0.0909. The first kappa shape index (κ1) is 14.4. The molecule has 0 atom stereocenters. The molecule has 21 heavy (non-hydrogen) atoms. The van der Waals surface area contributed by atoms with Gasteiger partial charge in [0.05, 0.1) is 35.2 Å². The lowest BCUT2D eigenvalue weighted by Crippen LogP contribution is -2.24. The second-order valence-electron chi connectivity index (χ2n) is 4.01. The SMILES string of the molecule is NNc1cc(C(=O)NCc2cnc[nH]2)c([N+](=O)[O-])cc1F. The average molecular weight is 294 g/mol. The summed E-state index contributed by atoms with van der Waals surface area (Å²) in [5, 5.41) is 13.4. The van der Waals surface area contributed by atoms with Crippen molar-refractivity contribution < 1.29 is 14.1 Å². The molecule has 1 aromatic carbocycles. The minimum absolute atomic E-state index is 0.0960. The highest BCUT2D eigenvalue weighted by Gasteiger charge is 2.23. The van der Waals surface area contributed by atoms with Gasteiger partial charge in [0.1, 0.15) is 5.56 Å². The first-order chi connectivity index (χ1) is 10.0. The number of halogens is 1. The van der Waals surface area contributed by atoms with Gasteiger partial charge in [-0.2, -0.15) is 0 Å². The van der Waals surface area contributed by atoms with E-state index in [9.17, 15) is 19.3 Å². The molecular weight excluding hydrogens is 283 g/mol. The van der Waals surface area contributed by atoms with Crippen molar-refractivity contribution in [3.63, 3.8) is 0 Å². The van der Waals surface area contributed by atoms with E-state index in [0.29, 0.717) is 11.8 Å². The Morgan fingerprint density at radius 2 is 2.29 bits per heavy atom. The fourth-order valence-electron chi connectivity index (χ4n) is 1.66. The van der Waals surface area contributed by atoms with E-state index in [1.165, 1.54) is 12.5 Å². The van der Waals surface area contributed by atoms with Crippen LogP contribution in [0.2, 0.25) is 0 Å². The van der Waals surface area contributed by atoms with Crippen LogP contribution in [0.25, 0.3) is 0 Å². The number of nitrogens with two attached hydrogens (primary N) is 1. The van der Waals surface area contributed by atoms with Gasteiger partial charge in [-0.1, -0.05) is 0 Å². The zero-order valence-corrected chi connectivity index (χ0v) is 10.6. The molecule has 1 amide bonds. The number of amides is 1. The second-order valence-corrected chi connectivity index (χ2v) is 4.01. The largest absolute Gasteiger partial charge is 0.347 e. The summed E-state index contributed by atoms with van der Waals surface area (Å²) in [6.07, 6.45) is 2.92. The highest BCUT2D eigenvalue weighted by molar-refractivity contribution is 5.99. The summed E-state index contributed by atoms with van der Waals surface area (Å²) >= 11 is 0. The molecule has 0 bridgehead atoms. The molecule has 0 fully saturated rings. The highest BCUT2D eigenvalue weighted by atomic mass is 19.1.